The topological polar surface area (TPSA) is 47.6 Å². The lowest BCUT2D eigenvalue weighted by molar-refractivity contribution is -0.117. The number of ether oxygens (including phenoxy) is 2. The van der Waals surface area contributed by atoms with Crippen LogP contribution in [0.4, 0.5) is 0 Å². The van der Waals surface area contributed by atoms with Crippen molar-refractivity contribution in [1.82, 2.24) is 5.32 Å². The van der Waals surface area contributed by atoms with Gasteiger partial charge in [0.2, 0.25) is 5.91 Å². The minimum Gasteiger partial charge on any atom is -0.493 e. The van der Waals surface area contributed by atoms with Crippen molar-refractivity contribution in [1.29, 1.82) is 0 Å². The van der Waals surface area contributed by atoms with Gasteiger partial charge in [0.15, 0.2) is 11.5 Å². The largest absolute Gasteiger partial charge is 0.493 e. The first-order valence-corrected chi connectivity index (χ1v) is 8.06. The SMILES string of the molecule is C=COc1ccc(/C=C/C(=O)NC2CCC(C)CC2)cc1OC. The molecule has 0 spiro atoms. The molecule has 2 rings (SSSR count). The van der Waals surface area contributed by atoms with Gasteiger partial charge in [-0.2, -0.15) is 0 Å². The van der Waals surface area contributed by atoms with Gasteiger partial charge in [-0.15, -0.1) is 0 Å². The van der Waals surface area contributed by atoms with E-state index in [9.17, 15) is 4.79 Å². The van der Waals surface area contributed by atoms with Crippen LogP contribution in [0, 0.1) is 5.92 Å². The number of hydrogen-bond donors (Lipinski definition) is 1. The molecule has 0 bridgehead atoms. The summed E-state index contributed by atoms with van der Waals surface area (Å²) in [5.74, 6) is 1.94. The van der Waals surface area contributed by atoms with Crippen molar-refractivity contribution in [2.75, 3.05) is 7.11 Å². The van der Waals surface area contributed by atoms with Crippen molar-refractivity contribution in [2.24, 2.45) is 5.92 Å². The van der Waals surface area contributed by atoms with Gasteiger partial charge in [-0.25, -0.2) is 0 Å². The van der Waals surface area contributed by atoms with Gasteiger partial charge in [0, 0.05) is 12.1 Å². The molecule has 1 fully saturated rings. The number of carbonyl (C=O) groups is 1. The molecule has 0 heterocycles. The molecule has 1 saturated carbocycles. The maximum Gasteiger partial charge on any atom is 0.244 e. The standard InChI is InChI=1S/C19H25NO3/c1-4-23-17-11-7-15(13-18(17)22-3)8-12-19(21)20-16-9-5-14(2)6-10-16/h4,7-8,11-14,16H,1,5-6,9-10H2,2-3H3,(H,20,21)/b12-8+. The highest BCUT2D eigenvalue weighted by Gasteiger charge is 2.18. The van der Waals surface area contributed by atoms with Crippen LogP contribution in [-0.2, 0) is 4.79 Å². The fourth-order valence-electron chi connectivity index (χ4n) is 2.80. The molecule has 124 valence electrons. The van der Waals surface area contributed by atoms with E-state index in [2.05, 4.69) is 18.8 Å². The highest BCUT2D eigenvalue weighted by atomic mass is 16.5. The molecule has 1 aliphatic carbocycles. The Hall–Kier alpha value is -2.23. The maximum absolute atomic E-state index is 12.0. The van der Waals surface area contributed by atoms with Crippen LogP contribution in [0.2, 0.25) is 0 Å². The van der Waals surface area contributed by atoms with Crippen molar-refractivity contribution in [3.05, 3.63) is 42.7 Å². The third kappa shape index (κ3) is 5.16. The highest BCUT2D eigenvalue weighted by molar-refractivity contribution is 5.92. The fourth-order valence-corrected chi connectivity index (χ4v) is 2.80. The van der Waals surface area contributed by atoms with Crippen LogP contribution in [0.15, 0.2) is 37.1 Å². The van der Waals surface area contributed by atoms with E-state index in [-0.39, 0.29) is 5.91 Å². The number of rotatable bonds is 6. The zero-order valence-electron chi connectivity index (χ0n) is 13.9. The summed E-state index contributed by atoms with van der Waals surface area (Å²) in [7, 11) is 1.58. The molecule has 1 aromatic carbocycles. The zero-order valence-corrected chi connectivity index (χ0v) is 13.9. The second-order valence-electron chi connectivity index (χ2n) is 5.99. The number of amides is 1. The lowest BCUT2D eigenvalue weighted by atomic mass is 9.87. The number of nitrogens with one attached hydrogen (secondary N) is 1. The Morgan fingerprint density at radius 2 is 2.00 bits per heavy atom. The molecule has 0 aliphatic heterocycles. The van der Waals surface area contributed by atoms with E-state index in [1.807, 2.05) is 12.1 Å². The predicted molar refractivity (Wildman–Crippen MR) is 92.4 cm³/mol. The third-order valence-corrected chi connectivity index (χ3v) is 4.19. The Bertz CT molecular complexity index is 572. The number of benzene rings is 1. The first-order valence-electron chi connectivity index (χ1n) is 8.06. The van der Waals surface area contributed by atoms with E-state index in [1.165, 1.54) is 19.1 Å². The Balaban J connectivity index is 1.93. The van der Waals surface area contributed by atoms with Crippen LogP contribution in [-0.4, -0.2) is 19.1 Å². The molecule has 0 radical (unpaired) electrons. The molecule has 4 heteroatoms. The summed E-state index contributed by atoms with van der Waals surface area (Å²) >= 11 is 0. The number of carbonyl (C=O) groups excluding carboxylic acids is 1. The van der Waals surface area contributed by atoms with Gasteiger partial charge in [-0.1, -0.05) is 19.6 Å². The molecule has 0 aromatic heterocycles. The minimum atomic E-state index is -0.0464. The second kappa shape index (κ2) is 8.42. The molecule has 1 amide bonds. The van der Waals surface area contributed by atoms with Crippen LogP contribution in [0.5, 0.6) is 11.5 Å². The van der Waals surface area contributed by atoms with Crippen LogP contribution >= 0.6 is 0 Å². The van der Waals surface area contributed by atoms with Gasteiger partial charge >= 0.3 is 0 Å². The van der Waals surface area contributed by atoms with E-state index >= 15 is 0 Å². The van der Waals surface area contributed by atoms with Crippen molar-refractivity contribution in [3.63, 3.8) is 0 Å². The van der Waals surface area contributed by atoms with Crippen molar-refractivity contribution < 1.29 is 14.3 Å². The van der Waals surface area contributed by atoms with E-state index in [0.717, 1.165) is 24.3 Å². The second-order valence-corrected chi connectivity index (χ2v) is 5.99. The average molecular weight is 315 g/mol. The van der Waals surface area contributed by atoms with E-state index in [0.29, 0.717) is 17.5 Å². The summed E-state index contributed by atoms with van der Waals surface area (Å²) in [5, 5.41) is 3.07. The zero-order chi connectivity index (χ0) is 16.7. The van der Waals surface area contributed by atoms with E-state index in [1.54, 1.807) is 25.3 Å². The van der Waals surface area contributed by atoms with E-state index in [4.69, 9.17) is 9.47 Å². The molecule has 1 aliphatic rings. The summed E-state index contributed by atoms with van der Waals surface area (Å²) in [6, 6.07) is 5.79. The summed E-state index contributed by atoms with van der Waals surface area (Å²) < 4.78 is 10.5. The van der Waals surface area contributed by atoms with Gasteiger partial charge in [-0.3, -0.25) is 4.79 Å². The van der Waals surface area contributed by atoms with Crippen molar-refractivity contribution >= 4 is 12.0 Å². The Morgan fingerprint density at radius 1 is 1.26 bits per heavy atom. The Morgan fingerprint density at radius 3 is 2.65 bits per heavy atom. The van der Waals surface area contributed by atoms with Gasteiger partial charge in [-0.05, 0) is 55.4 Å². The first-order chi connectivity index (χ1) is 11.1. The number of methoxy groups -OCH3 is 1. The molecule has 1 aromatic rings. The summed E-state index contributed by atoms with van der Waals surface area (Å²) in [6.07, 6.45) is 9.23. The quantitative estimate of drug-likeness (QED) is 0.639. The van der Waals surface area contributed by atoms with Crippen molar-refractivity contribution in [3.8, 4) is 11.5 Å². The van der Waals surface area contributed by atoms with Crippen LogP contribution < -0.4 is 14.8 Å². The molecule has 4 nitrogen and oxygen atoms in total. The lowest BCUT2D eigenvalue weighted by Gasteiger charge is -2.26. The van der Waals surface area contributed by atoms with Gasteiger partial charge in [0.05, 0.1) is 13.4 Å². The monoisotopic (exact) mass is 315 g/mol. The first kappa shape index (κ1) is 17.1. The molecule has 0 atom stereocenters. The minimum absolute atomic E-state index is 0.0464. The predicted octanol–water partition coefficient (Wildman–Crippen LogP) is 3.93. The normalized spacial score (nSPS) is 21.0. The highest BCUT2D eigenvalue weighted by Crippen LogP contribution is 2.28. The smallest absolute Gasteiger partial charge is 0.244 e. The van der Waals surface area contributed by atoms with Gasteiger partial charge in [0.1, 0.15) is 0 Å². The molecule has 0 unspecified atom stereocenters. The third-order valence-electron chi connectivity index (χ3n) is 4.19. The fraction of sp³-hybridized carbons (Fsp3) is 0.421. The summed E-state index contributed by atoms with van der Waals surface area (Å²) in [5.41, 5.74) is 0.880. The lowest BCUT2D eigenvalue weighted by Crippen LogP contribution is -2.36. The van der Waals surface area contributed by atoms with Crippen LogP contribution in [0.3, 0.4) is 0 Å². The maximum atomic E-state index is 12.0. The average Bonchev–Trinajstić information content (AvgIpc) is 2.56. The Kier molecular flexibility index (Phi) is 6.27. The van der Waals surface area contributed by atoms with Gasteiger partial charge in [0.25, 0.3) is 0 Å². The molecule has 0 saturated heterocycles. The van der Waals surface area contributed by atoms with Gasteiger partial charge < -0.3 is 14.8 Å². The van der Waals surface area contributed by atoms with Crippen molar-refractivity contribution in [2.45, 2.75) is 38.6 Å². The molecular weight excluding hydrogens is 290 g/mol. The summed E-state index contributed by atoms with van der Waals surface area (Å²) in [4.78, 5) is 12.0. The molecule has 23 heavy (non-hydrogen) atoms. The Labute approximate surface area is 138 Å². The van der Waals surface area contributed by atoms with Crippen LogP contribution in [0.1, 0.15) is 38.2 Å². The molecule has 1 N–H and O–H groups in total. The molecular formula is C19H25NO3. The summed E-state index contributed by atoms with van der Waals surface area (Å²) in [6.45, 7) is 5.80. The number of hydrogen-bond acceptors (Lipinski definition) is 3. The van der Waals surface area contributed by atoms with E-state index < -0.39 is 0 Å². The van der Waals surface area contributed by atoms with Crippen LogP contribution in [0.25, 0.3) is 6.08 Å².